The lowest BCUT2D eigenvalue weighted by Crippen LogP contribution is -2.12. The minimum Gasteiger partial charge on any atom is -0.310 e. The summed E-state index contributed by atoms with van der Waals surface area (Å²) in [5.41, 5.74) is 16.4. The first-order valence-electron chi connectivity index (χ1n) is 18.7. The second kappa shape index (κ2) is 13.6. The van der Waals surface area contributed by atoms with Gasteiger partial charge in [-0.15, -0.1) is 0 Å². The highest BCUT2D eigenvalue weighted by Gasteiger charge is 2.28. The molecule has 0 N–H and O–H groups in total. The number of nitrogens with zero attached hydrogens (tertiary/aromatic N) is 2. The van der Waals surface area contributed by atoms with Gasteiger partial charge in [-0.1, -0.05) is 128 Å². The summed E-state index contributed by atoms with van der Waals surface area (Å²) in [6.45, 7) is 3.96. The van der Waals surface area contributed by atoms with E-state index in [0.29, 0.717) is 0 Å². The van der Waals surface area contributed by atoms with Gasteiger partial charge < -0.3 is 9.80 Å². The quantitative estimate of drug-likeness (QED) is 0.163. The molecule has 0 radical (unpaired) electrons. The molecule has 3 heteroatoms. The predicted molar refractivity (Wildman–Crippen MR) is 230 cm³/mol. The Morgan fingerprint density at radius 3 is 1.91 bits per heavy atom. The lowest BCUT2D eigenvalue weighted by atomic mass is 9.95. The van der Waals surface area contributed by atoms with Crippen LogP contribution in [0.5, 0.6) is 0 Å². The molecule has 8 aromatic carbocycles. The van der Waals surface area contributed by atoms with Crippen LogP contribution in [0.4, 0.5) is 34.1 Å². The fraction of sp³-hybridized carbons (Fsp3) is 0.0588. The summed E-state index contributed by atoms with van der Waals surface area (Å²) < 4.78 is 0. The molecule has 8 aromatic rings. The topological polar surface area (TPSA) is 6.48 Å². The maximum Gasteiger partial charge on any atom is 0.0549 e. The van der Waals surface area contributed by atoms with Crippen LogP contribution in [0.25, 0.3) is 28.0 Å². The Kier molecular flexibility index (Phi) is 8.15. The monoisotopic (exact) mass is 710 g/mol. The van der Waals surface area contributed by atoms with Gasteiger partial charge in [0.05, 0.1) is 5.69 Å². The van der Waals surface area contributed by atoms with E-state index in [9.17, 15) is 0 Å². The molecule has 0 aromatic heterocycles. The lowest BCUT2D eigenvalue weighted by molar-refractivity contribution is 0.926. The van der Waals surface area contributed by atoms with E-state index in [1.807, 2.05) is 17.8 Å². The van der Waals surface area contributed by atoms with Crippen LogP contribution >= 0.6 is 11.8 Å². The number of hydrogen-bond donors (Lipinski definition) is 0. The van der Waals surface area contributed by atoms with Gasteiger partial charge in [0.1, 0.15) is 0 Å². The molecule has 1 aliphatic carbocycles. The number of fused-ring (bicyclic) bond motifs is 7. The Labute approximate surface area is 321 Å². The molecule has 54 heavy (non-hydrogen) atoms. The zero-order chi connectivity index (χ0) is 36.0. The molecule has 0 atom stereocenters. The zero-order valence-electron chi connectivity index (χ0n) is 30.0. The maximum absolute atomic E-state index is 3.96. The highest BCUT2D eigenvalue weighted by atomic mass is 32.2. The van der Waals surface area contributed by atoms with Crippen molar-refractivity contribution in [1.29, 1.82) is 0 Å². The molecule has 0 saturated carbocycles. The van der Waals surface area contributed by atoms with E-state index in [0.717, 1.165) is 41.9 Å². The Morgan fingerprint density at radius 2 is 1.11 bits per heavy atom. The fourth-order valence-corrected chi connectivity index (χ4v) is 9.48. The van der Waals surface area contributed by atoms with Crippen molar-refractivity contribution in [2.45, 2.75) is 29.1 Å². The number of anilines is 6. The van der Waals surface area contributed by atoms with Crippen LogP contribution in [0.1, 0.15) is 27.8 Å². The number of hydrogen-bond acceptors (Lipinski definition) is 3. The van der Waals surface area contributed by atoms with Gasteiger partial charge in [-0.05, 0) is 136 Å². The zero-order valence-corrected chi connectivity index (χ0v) is 30.8. The summed E-state index contributed by atoms with van der Waals surface area (Å²) in [6.07, 6.45) is 4.81. The van der Waals surface area contributed by atoms with Crippen molar-refractivity contribution < 1.29 is 0 Å². The summed E-state index contributed by atoms with van der Waals surface area (Å²) >= 11 is 1.90. The summed E-state index contributed by atoms with van der Waals surface area (Å²) in [4.78, 5) is 7.47. The fourth-order valence-electron chi connectivity index (χ4n) is 8.34. The third-order valence-electron chi connectivity index (χ3n) is 10.9. The van der Waals surface area contributed by atoms with Crippen molar-refractivity contribution in [2.24, 2.45) is 0 Å². The van der Waals surface area contributed by atoms with Gasteiger partial charge >= 0.3 is 0 Å². The lowest BCUT2D eigenvalue weighted by Gasteiger charge is -2.29. The van der Waals surface area contributed by atoms with Gasteiger partial charge in [-0.25, -0.2) is 0 Å². The van der Waals surface area contributed by atoms with Crippen molar-refractivity contribution in [3.05, 3.63) is 210 Å². The smallest absolute Gasteiger partial charge is 0.0549 e. The van der Waals surface area contributed by atoms with Crippen LogP contribution < -0.4 is 9.80 Å². The summed E-state index contributed by atoms with van der Waals surface area (Å²) in [5, 5.41) is 2.61. The van der Waals surface area contributed by atoms with Crippen molar-refractivity contribution in [2.75, 3.05) is 9.80 Å². The minimum absolute atomic E-state index is 0.948. The molecule has 0 bridgehead atoms. The van der Waals surface area contributed by atoms with Gasteiger partial charge in [0, 0.05) is 43.8 Å². The van der Waals surface area contributed by atoms with E-state index in [2.05, 4.69) is 192 Å². The Morgan fingerprint density at radius 1 is 0.481 bits per heavy atom. The van der Waals surface area contributed by atoms with E-state index in [1.54, 1.807) is 0 Å². The summed E-state index contributed by atoms with van der Waals surface area (Å²) in [6, 6.07) is 64.5. The van der Waals surface area contributed by atoms with E-state index < -0.39 is 0 Å². The molecule has 0 spiro atoms. The molecule has 0 saturated heterocycles. The third-order valence-corrected chi connectivity index (χ3v) is 12.2. The molecular formula is C51H38N2S. The van der Waals surface area contributed by atoms with Gasteiger partial charge in [0.2, 0.25) is 0 Å². The molecule has 10 rings (SSSR count). The second-order valence-corrected chi connectivity index (χ2v) is 15.2. The summed E-state index contributed by atoms with van der Waals surface area (Å²) in [7, 11) is 0. The van der Waals surface area contributed by atoms with Gasteiger partial charge in [-0.3, -0.25) is 0 Å². The Bertz CT molecular complexity index is 2680. The van der Waals surface area contributed by atoms with Crippen LogP contribution in [0.2, 0.25) is 0 Å². The van der Waals surface area contributed by atoms with Crippen LogP contribution in [0, 0.1) is 0 Å². The maximum atomic E-state index is 3.96. The number of para-hydroxylation sites is 2. The van der Waals surface area contributed by atoms with Crippen molar-refractivity contribution in [3.8, 4) is 11.1 Å². The van der Waals surface area contributed by atoms with Crippen molar-refractivity contribution in [1.82, 2.24) is 0 Å². The number of rotatable bonds is 7. The largest absolute Gasteiger partial charge is 0.310 e. The standard InChI is InChI=1S/C51H38N2S/c1-2-35-21-26-42(27-22-35)52(40-15-5-3-6-16-40)43-29-30-49-39(31-43)24-23-36-25-28-44(34-50(36)54-49)53(41-17-7-4-8-18-41)48-33-38-14-9-11-19-45(38)47-32-37-13-10-12-20-46(37)51(47)48/h2-22,25-31,33-34H,1,23-24,32H2. The Hall–Kier alpha value is -6.29. The van der Waals surface area contributed by atoms with E-state index in [4.69, 9.17) is 0 Å². The molecule has 0 amide bonds. The van der Waals surface area contributed by atoms with Gasteiger partial charge in [0.25, 0.3) is 0 Å². The number of aryl methyl sites for hydroxylation is 2. The second-order valence-electron chi connectivity index (χ2n) is 14.1. The van der Waals surface area contributed by atoms with Crippen LogP contribution in [0.15, 0.2) is 192 Å². The molecule has 0 fully saturated rings. The molecule has 1 heterocycles. The first-order valence-corrected chi connectivity index (χ1v) is 19.5. The Balaban J connectivity index is 1.07. The highest BCUT2D eigenvalue weighted by molar-refractivity contribution is 7.99. The van der Waals surface area contributed by atoms with Crippen LogP contribution in [-0.4, -0.2) is 0 Å². The SMILES string of the molecule is C=Cc1ccc(N(c2ccccc2)c2ccc3c(c2)CCc2ccc(N(c4ccccc4)c4cc5ccccc5c5c4-c4ccccc4C5)cc2S3)cc1. The molecule has 0 unspecified atom stereocenters. The highest BCUT2D eigenvalue weighted by Crippen LogP contribution is 2.51. The summed E-state index contributed by atoms with van der Waals surface area (Å²) in [5.74, 6) is 0. The number of benzene rings is 8. The van der Waals surface area contributed by atoms with Gasteiger partial charge in [0.15, 0.2) is 0 Å². The third kappa shape index (κ3) is 5.69. The average Bonchev–Trinajstić information content (AvgIpc) is 3.53. The van der Waals surface area contributed by atoms with E-state index >= 15 is 0 Å². The van der Waals surface area contributed by atoms with E-state index in [-0.39, 0.29) is 0 Å². The van der Waals surface area contributed by atoms with Crippen molar-refractivity contribution in [3.63, 3.8) is 0 Å². The molecular weight excluding hydrogens is 673 g/mol. The molecule has 258 valence electrons. The average molecular weight is 711 g/mol. The first kappa shape index (κ1) is 32.4. The van der Waals surface area contributed by atoms with Crippen LogP contribution in [0.3, 0.4) is 0 Å². The molecule has 1 aliphatic heterocycles. The molecule has 2 aliphatic rings. The van der Waals surface area contributed by atoms with Crippen molar-refractivity contribution >= 4 is 62.7 Å². The van der Waals surface area contributed by atoms with E-state index in [1.165, 1.54) is 71.0 Å². The first-order chi connectivity index (χ1) is 26.7. The normalized spacial score (nSPS) is 12.6. The van der Waals surface area contributed by atoms with Crippen LogP contribution in [-0.2, 0) is 19.3 Å². The molecule has 2 nitrogen and oxygen atoms in total. The predicted octanol–water partition coefficient (Wildman–Crippen LogP) is 14.2. The minimum atomic E-state index is 0.948. The van der Waals surface area contributed by atoms with Gasteiger partial charge in [-0.2, -0.15) is 0 Å².